The van der Waals surface area contributed by atoms with Gasteiger partial charge in [-0.05, 0) is 24.6 Å². The smallest absolute Gasteiger partial charge is 0.146 e. The third kappa shape index (κ3) is 3.54. The van der Waals surface area contributed by atoms with Crippen LogP contribution in [0.5, 0.6) is 5.75 Å². The fourth-order valence-corrected chi connectivity index (χ4v) is 1.78. The molecule has 1 heterocycles. The van der Waals surface area contributed by atoms with Gasteiger partial charge in [-0.1, -0.05) is 26.0 Å². The molecule has 0 spiro atoms. The van der Waals surface area contributed by atoms with Gasteiger partial charge in [0.1, 0.15) is 11.4 Å². The lowest BCUT2D eigenvalue weighted by molar-refractivity contribution is 0.410. The van der Waals surface area contributed by atoms with Crippen molar-refractivity contribution < 1.29 is 4.74 Å². The molecule has 0 saturated heterocycles. The predicted molar refractivity (Wildman–Crippen MR) is 74.5 cm³/mol. The first-order valence-electron chi connectivity index (χ1n) is 6.46. The molecule has 0 fully saturated rings. The topological polar surface area (TPSA) is 52.0 Å². The van der Waals surface area contributed by atoms with E-state index in [1.165, 1.54) is 0 Å². The molecule has 0 atom stereocenters. The Balaban J connectivity index is 2.08. The highest BCUT2D eigenvalue weighted by Gasteiger charge is 2.07. The number of rotatable bonds is 6. The Morgan fingerprint density at radius 3 is 2.84 bits per heavy atom. The second-order valence-corrected chi connectivity index (χ2v) is 4.82. The zero-order valence-corrected chi connectivity index (χ0v) is 11.6. The monoisotopic (exact) mass is 260 g/mol. The molecule has 5 heteroatoms. The van der Waals surface area contributed by atoms with E-state index in [0.717, 1.165) is 30.2 Å². The van der Waals surface area contributed by atoms with Gasteiger partial charge in [-0.25, -0.2) is 0 Å². The molecule has 2 rings (SSSR count). The molecule has 0 aliphatic rings. The molecule has 5 nitrogen and oxygen atoms in total. The summed E-state index contributed by atoms with van der Waals surface area (Å²) in [7, 11) is 1.65. The lowest BCUT2D eigenvalue weighted by Crippen LogP contribution is -2.19. The number of ether oxygens (including phenoxy) is 1. The summed E-state index contributed by atoms with van der Waals surface area (Å²) in [4.78, 5) is 1.60. The van der Waals surface area contributed by atoms with Crippen molar-refractivity contribution in [2.24, 2.45) is 5.92 Å². The van der Waals surface area contributed by atoms with Crippen LogP contribution in [0.1, 0.15) is 19.5 Å². The molecule has 19 heavy (non-hydrogen) atoms. The summed E-state index contributed by atoms with van der Waals surface area (Å²) in [6, 6.07) is 7.70. The number of hydrogen-bond donors (Lipinski definition) is 1. The van der Waals surface area contributed by atoms with Crippen molar-refractivity contribution in [3.63, 3.8) is 0 Å². The van der Waals surface area contributed by atoms with Crippen molar-refractivity contribution in [3.8, 4) is 11.4 Å². The minimum atomic E-state index is 0.629. The highest BCUT2D eigenvalue weighted by molar-refractivity contribution is 5.44. The number of methoxy groups -OCH3 is 1. The molecular weight excluding hydrogens is 240 g/mol. The maximum Gasteiger partial charge on any atom is 0.146 e. The first-order valence-corrected chi connectivity index (χ1v) is 6.46. The summed E-state index contributed by atoms with van der Waals surface area (Å²) in [5.74, 6) is 1.39. The molecule has 1 aromatic carbocycles. The second-order valence-electron chi connectivity index (χ2n) is 4.82. The lowest BCUT2D eigenvalue weighted by atomic mass is 10.2. The Hall–Kier alpha value is -1.88. The molecule has 0 bridgehead atoms. The van der Waals surface area contributed by atoms with E-state index >= 15 is 0 Å². The Bertz CT molecular complexity index is 522. The van der Waals surface area contributed by atoms with E-state index in [0.29, 0.717) is 5.92 Å². The summed E-state index contributed by atoms with van der Waals surface area (Å²) < 4.78 is 5.31. The average Bonchev–Trinajstić information content (AvgIpc) is 2.87. The molecule has 1 aromatic heterocycles. The van der Waals surface area contributed by atoms with Gasteiger partial charge in [0.15, 0.2) is 0 Å². The number of nitrogens with one attached hydrogen (secondary N) is 1. The van der Waals surface area contributed by atoms with Crippen LogP contribution in [0.3, 0.4) is 0 Å². The molecule has 0 saturated carbocycles. The van der Waals surface area contributed by atoms with E-state index in [9.17, 15) is 0 Å². The first kappa shape index (κ1) is 13.5. The molecule has 0 radical (unpaired) electrons. The summed E-state index contributed by atoms with van der Waals surface area (Å²) >= 11 is 0. The minimum absolute atomic E-state index is 0.629. The fraction of sp³-hybridized carbons (Fsp3) is 0.429. The first-order chi connectivity index (χ1) is 9.20. The van der Waals surface area contributed by atoms with Crippen molar-refractivity contribution in [2.75, 3.05) is 13.7 Å². The predicted octanol–water partition coefficient (Wildman–Crippen LogP) is 2.02. The normalized spacial score (nSPS) is 10.9. The Morgan fingerprint density at radius 2 is 2.11 bits per heavy atom. The molecule has 2 aromatic rings. The maximum atomic E-state index is 5.31. The van der Waals surface area contributed by atoms with Crippen LogP contribution < -0.4 is 10.1 Å². The Morgan fingerprint density at radius 1 is 1.32 bits per heavy atom. The third-order valence-electron chi connectivity index (χ3n) is 2.70. The van der Waals surface area contributed by atoms with Gasteiger partial charge in [0.25, 0.3) is 0 Å². The van der Waals surface area contributed by atoms with Crippen LogP contribution >= 0.6 is 0 Å². The van der Waals surface area contributed by atoms with Crippen molar-refractivity contribution >= 4 is 0 Å². The van der Waals surface area contributed by atoms with Gasteiger partial charge in [-0.15, -0.1) is 4.80 Å². The number of nitrogens with zero attached hydrogens (tertiary/aromatic N) is 3. The summed E-state index contributed by atoms with van der Waals surface area (Å²) in [5, 5.41) is 12.1. The van der Waals surface area contributed by atoms with Crippen LogP contribution in [0.25, 0.3) is 5.69 Å². The quantitative estimate of drug-likeness (QED) is 0.863. The highest BCUT2D eigenvalue weighted by Crippen LogP contribution is 2.20. The lowest BCUT2D eigenvalue weighted by Gasteiger charge is -2.06. The number of para-hydroxylation sites is 2. The van der Waals surface area contributed by atoms with Gasteiger partial charge >= 0.3 is 0 Å². The molecular formula is C14H20N4O. The summed E-state index contributed by atoms with van der Waals surface area (Å²) in [6.45, 7) is 6.06. The zero-order chi connectivity index (χ0) is 13.7. The van der Waals surface area contributed by atoms with Crippen molar-refractivity contribution in [3.05, 3.63) is 36.2 Å². The van der Waals surface area contributed by atoms with Crippen LogP contribution in [0.2, 0.25) is 0 Å². The fourth-order valence-electron chi connectivity index (χ4n) is 1.78. The van der Waals surface area contributed by atoms with E-state index < -0.39 is 0 Å². The summed E-state index contributed by atoms with van der Waals surface area (Å²) in [6.07, 6.45) is 1.78. The standard InChI is InChI=1S/C14H20N4O/c1-11(2)8-15-9-12-10-16-18(17-12)13-6-4-5-7-14(13)19-3/h4-7,10-11,15H,8-9H2,1-3H3. The van der Waals surface area contributed by atoms with Crippen LogP contribution in [0.15, 0.2) is 30.5 Å². The SMILES string of the molecule is COc1ccccc1-n1ncc(CNCC(C)C)n1. The van der Waals surface area contributed by atoms with Crippen LogP contribution in [-0.4, -0.2) is 28.6 Å². The largest absolute Gasteiger partial charge is 0.494 e. The maximum absolute atomic E-state index is 5.31. The molecule has 0 unspecified atom stereocenters. The van der Waals surface area contributed by atoms with Crippen molar-refractivity contribution in [1.29, 1.82) is 0 Å². The summed E-state index contributed by atoms with van der Waals surface area (Å²) in [5.41, 5.74) is 1.77. The van der Waals surface area contributed by atoms with Gasteiger partial charge in [0.05, 0.1) is 19.0 Å². The van der Waals surface area contributed by atoms with Crippen LogP contribution in [0.4, 0.5) is 0 Å². The van der Waals surface area contributed by atoms with Gasteiger partial charge < -0.3 is 10.1 Å². The molecule has 102 valence electrons. The second kappa shape index (κ2) is 6.33. The number of benzene rings is 1. The van der Waals surface area contributed by atoms with Crippen LogP contribution in [0, 0.1) is 5.92 Å². The Labute approximate surface area is 113 Å². The van der Waals surface area contributed by atoms with E-state index in [-0.39, 0.29) is 0 Å². The zero-order valence-electron chi connectivity index (χ0n) is 11.6. The number of aromatic nitrogens is 3. The number of hydrogen-bond acceptors (Lipinski definition) is 4. The average molecular weight is 260 g/mol. The molecule has 0 aliphatic carbocycles. The van der Waals surface area contributed by atoms with Gasteiger partial charge in [0, 0.05) is 6.54 Å². The third-order valence-corrected chi connectivity index (χ3v) is 2.70. The van der Waals surface area contributed by atoms with Crippen molar-refractivity contribution in [1.82, 2.24) is 20.3 Å². The van der Waals surface area contributed by atoms with Crippen LogP contribution in [-0.2, 0) is 6.54 Å². The molecule has 0 amide bonds. The van der Waals surface area contributed by atoms with E-state index in [2.05, 4.69) is 29.4 Å². The van der Waals surface area contributed by atoms with Gasteiger partial charge in [-0.3, -0.25) is 0 Å². The molecule has 0 aliphatic heterocycles. The van der Waals surface area contributed by atoms with E-state index in [1.807, 2.05) is 24.3 Å². The van der Waals surface area contributed by atoms with E-state index in [4.69, 9.17) is 4.74 Å². The van der Waals surface area contributed by atoms with E-state index in [1.54, 1.807) is 18.1 Å². The van der Waals surface area contributed by atoms with Gasteiger partial charge in [0.2, 0.25) is 0 Å². The molecule has 1 N–H and O–H groups in total. The minimum Gasteiger partial charge on any atom is -0.494 e. The highest BCUT2D eigenvalue weighted by atomic mass is 16.5. The van der Waals surface area contributed by atoms with Gasteiger partial charge in [-0.2, -0.15) is 10.2 Å². The van der Waals surface area contributed by atoms with Crippen molar-refractivity contribution in [2.45, 2.75) is 20.4 Å². The Kier molecular flexibility index (Phi) is 4.52.